The van der Waals surface area contributed by atoms with Gasteiger partial charge in [-0.1, -0.05) is 77.1 Å². The summed E-state index contributed by atoms with van der Waals surface area (Å²) in [5.41, 5.74) is 3.82. The predicted molar refractivity (Wildman–Crippen MR) is 124 cm³/mol. The highest BCUT2D eigenvalue weighted by Gasteiger charge is 2.15. The highest BCUT2D eigenvalue weighted by Crippen LogP contribution is 2.32. The van der Waals surface area contributed by atoms with Crippen molar-refractivity contribution in [3.8, 4) is 21.8 Å². The number of hydrogen-bond donors (Lipinski definition) is 0. The molecule has 0 atom stereocenters. The Morgan fingerprint density at radius 2 is 1.81 bits per heavy atom. The number of benzene rings is 2. The molecular formula is C23H18N4O2S2. The molecule has 3 aromatic heterocycles. The fourth-order valence-electron chi connectivity index (χ4n) is 3.17. The van der Waals surface area contributed by atoms with Gasteiger partial charge < -0.3 is 4.52 Å². The van der Waals surface area contributed by atoms with Crippen LogP contribution in [0.4, 0.5) is 0 Å². The van der Waals surface area contributed by atoms with Crippen molar-refractivity contribution in [2.24, 2.45) is 7.05 Å². The molecule has 0 aliphatic carbocycles. The van der Waals surface area contributed by atoms with Crippen molar-refractivity contribution in [3.63, 3.8) is 0 Å². The summed E-state index contributed by atoms with van der Waals surface area (Å²) in [5.74, 6) is 1.48. The van der Waals surface area contributed by atoms with E-state index in [0.717, 1.165) is 16.0 Å². The fourth-order valence-corrected chi connectivity index (χ4v) is 5.06. The third-order valence-electron chi connectivity index (χ3n) is 4.88. The van der Waals surface area contributed by atoms with Gasteiger partial charge in [0.25, 0.3) is 5.56 Å². The number of thioether (sulfide) groups is 1. The van der Waals surface area contributed by atoms with Crippen molar-refractivity contribution in [1.29, 1.82) is 0 Å². The molecule has 0 saturated heterocycles. The molecule has 0 fully saturated rings. The Labute approximate surface area is 186 Å². The van der Waals surface area contributed by atoms with Crippen LogP contribution in [0.5, 0.6) is 0 Å². The van der Waals surface area contributed by atoms with Gasteiger partial charge in [0, 0.05) is 17.5 Å². The second-order valence-electron chi connectivity index (χ2n) is 7.12. The number of rotatable bonds is 5. The lowest BCUT2D eigenvalue weighted by atomic mass is 10.1. The highest BCUT2D eigenvalue weighted by molar-refractivity contribution is 7.98. The van der Waals surface area contributed by atoms with Gasteiger partial charge in [-0.2, -0.15) is 4.98 Å². The highest BCUT2D eigenvalue weighted by atomic mass is 32.2. The lowest BCUT2D eigenvalue weighted by molar-refractivity contribution is 0.391. The standard InChI is InChI=1S/C23H18N4O2S2/c1-14-8-10-16(11-9-14)21-25-19(29-26-21)13-30-23-24-17-12-18(15-6-4-3-5-7-15)31-20(17)22(28)27(23)2/h3-12H,13H2,1-2H3. The van der Waals surface area contributed by atoms with E-state index in [2.05, 4.69) is 10.1 Å². The van der Waals surface area contributed by atoms with E-state index >= 15 is 0 Å². The van der Waals surface area contributed by atoms with Gasteiger partial charge in [-0.3, -0.25) is 9.36 Å². The van der Waals surface area contributed by atoms with Crippen LogP contribution in [0, 0.1) is 6.92 Å². The number of nitrogens with zero attached hydrogens (tertiary/aromatic N) is 4. The first kappa shape index (κ1) is 19.7. The minimum absolute atomic E-state index is 0.0504. The van der Waals surface area contributed by atoms with Gasteiger partial charge in [-0.05, 0) is 18.6 Å². The van der Waals surface area contributed by atoms with Gasteiger partial charge in [0.1, 0.15) is 4.70 Å². The van der Waals surface area contributed by atoms with E-state index in [9.17, 15) is 4.79 Å². The van der Waals surface area contributed by atoms with Crippen LogP contribution >= 0.6 is 23.1 Å². The van der Waals surface area contributed by atoms with Gasteiger partial charge in [0.05, 0.1) is 11.3 Å². The van der Waals surface area contributed by atoms with E-state index in [0.29, 0.717) is 32.8 Å². The minimum atomic E-state index is -0.0504. The molecule has 0 unspecified atom stereocenters. The maximum atomic E-state index is 12.9. The molecular weight excluding hydrogens is 428 g/mol. The van der Waals surface area contributed by atoms with Crippen LogP contribution in [0.2, 0.25) is 0 Å². The molecule has 0 bridgehead atoms. The van der Waals surface area contributed by atoms with Crippen LogP contribution in [0.25, 0.3) is 32.0 Å². The Balaban J connectivity index is 1.40. The van der Waals surface area contributed by atoms with Crippen LogP contribution in [0.15, 0.2) is 75.1 Å². The monoisotopic (exact) mass is 446 g/mol. The van der Waals surface area contributed by atoms with Crippen molar-refractivity contribution in [1.82, 2.24) is 19.7 Å². The lowest BCUT2D eigenvalue weighted by Crippen LogP contribution is -2.18. The predicted octanol–water partition coefficient (Wildman–Crippen LogP) is 5.31. The quantitative estimate of drug-likeness (QED) is 0.269. The number of aromatic nitrogens is 4. The van der Waals surface area contributed by atoms with E-state index < -0.39 is 0 Å². The zero-order valence-electron chi connectivity index (χ0n) is 16.9. The number of fused-ring (bicyclic) bond motifs is 1. The van der Waals surface area contributed by atoms with Gasteiger partial charge in [0.15, 0.2) is 5.16 Å². The third kappa shape index (κ3) is 3.92. The van der Waals surface area contributed by atoms with Crippen LogP contribution < -0.4 is 5.56 Å². The topological polar surface area (TPSA) is 73.8 Å². The summed E-state index contributed by atoms with van der Waals surface area (Å²) in [6.45, 7) is 2.03. The number of aryl methyl sites for hydroxylation is 1. The molecule has 3 heterocycles. The smallest absolute Gasteiger partial charge is 0.271 e. The zero-order chi connectivity index (χ0) is 21.4. The van der Waals surface area contributed by atoms with Crippen molar-refractivity contribution in [2.45, 2.75) is 17.8 Å². The number of thiophene rings is 1. The van der Waals surface area contributed by atoms with Crippen molar-refractivity contribution in [2.75, 3.05) is 0 Å². The van der Waals surface area contributed by atoms with Crippen LogP contribution in [-0.4, -0.2) is 19.7 Å². The maximum Gasteiger partial charge on any atom is 0.271 e. The van der Waals surface area contributed by atoms with E-state index in [4.69, 9.17) is 9.51 Å². The second-order valence-corrected chi connectivity index (χ2v) is 9.11. The van der Waals surface area contributed by atoms with Gasteiger partial charge in [0.2, 0.25) is 11.7 Å². The average molecular weight is 447 g/mol. The van der Waals surface area contributed by atoms with Gasteiger partial charge in [-0.25, -0.2) is 4.98 Å². The van der Waals surface area contributed by atoms with Crippen molar-refractivity contribution >= 4 is 33.3 Å². The summed E-state index contributed by atoms with van der Waals surface area (Å²) < 4.78 is 7.63. The molecule has 0 amide bonds. The molecule has 0 saturated carbocycles. The first-order chi connectivity index (χ1) is 15.1. The fraction of sp³-hybridized carbons (Fsp3) is 0.130. The Morgan fingerprint density at radius 1 is 1.03 bits per heavy atom. The Morgan fingerprint density at radius 3 is 2.58 bits per heavy atom. The molecule has 31 heavy (non-hydrogen) atoms. The molecule has 0 spiro atoms. The Kier molecular flexibility index (Phi) is 5.17. The second kappa shape index (κ2) is 8.13. The first-order valence-corrected chi connectivity index (χ1v) is 11.5. The summed E-state index contributed by atoms with van der Waals surface area (Å²) in [6.07, 6.45) is 0. The Hall–Kier alpha value is -3.23. The van der Waals surface area contributed by atoms with Gasteiger partial charge in [-0.15, -0.1) is 11.3 Å². The first-order valence-electron chi connectivity index (χ1n) is 9.67. The molecule has 8 heteroatoms. The van der Waals surface area contributed by atoms with E-state index in [1.54, 1.807) is 11.6 Å². The summed E-state index contributed by atoms with van der Waals surface area (Å²) in [4.78, 5) is 23.1. The van der Waals surface area contributed by atoms with Crippen molar-refractivity contribution in [3.05, 3.63) is 82.5 Å². The van der Waals surface area contributed by atoms with Crippen molar-refractivity contribution < 1.29 is 4.52 Å². The molecule has 5 rings (SSSR count). The van der Waals surface area contributed by atoms with Crippen LogP contribution in [0.3, 0.4) is 0 Å². The molecule has 0 radical (unpaired) electrons. The molecule has 154 valence electrons. The SMILES string of the molecule is Cc1ccc(-c2noc(CSc3nc4cc(-c5ccccc5)sc4c(=O)n3C)n2)cc1. The van der Waals surface area contributed by atoms with Crippen LogP contribution in [0.1, 0.15) is 11.5 Å². The molecule has 0 aliphatic rings. The molecule has 6 nitrogen and oxygen atoms in total. The third-order valence-corrected chi connectivity index (χ3v) is 7.05. The normalized spacial score (nSPS) is 11.3. The van der Waals surface area contributed by atoms with E-state index in [1.165, 1.54) is 28.7 Å². The lowest BCUT2D eigenvalue weighted by Gasteiger charge is -2.05. The molecule has 0 N–H and O–H groups in total. The summed E-state index contributed by atoms with van der Waals surface area (Å²) in [5, 5.41) is 4.68. The molecule has 5 aromatic rings. The summed E-state index contributed by atoms with van der Waals surface area (Å²) in [6, 6.07) is 20.0. The Bertz CT molecular complexity index is 1420. The van der Waals surface area contributed by atoms with E-state index in [1.807, 2.05) is 67.6 Å². The molecule has 0 aliphatic heterocycles. The largest absolute Gasteiger partial charge is 0.338 e. The van der Waals surface area contributed by atoms with E-state index in [-0.39, 0.29) is 5.56 Å². The van der Waals surface area contributed by atoms with Gasteiger partial charge >= 0.3 is 0 Å². The maximum absolute atomic E-state index is 12.9. The molecule has 2 aromatic carbocycles. The summed E-state index contributed by atoms with van der Waals surface area (Å²) in [7, 11) is 1.74. The van der Waals surface area contributed by atoms with Crippen LogP contribution in [-0.2, 0) is 12.8 Å². The summed E-state index contributed by atoms with van der Waals surface area (Å²) >= 11 is 2.88. The number of hydrogen-bond acceptors (Lipinski definition) is 7. The average Bonchev–Trinajstić information content (AvgIpc) is 3.44. The minimum Gasteiger partial charge on any atom is -0.338 e. The zero-order valence-corrected chi connectivity index (χ0v) is 18.5.